The number of amides is 1. The predicted octanol–water partition coefficient (Wildman–Crippen LogP) is 3.25. The third-order valence-corrected chi connectivity index (χ3v) is 6.94. The van der Waals surface area contributed by atoms with Crippen LogP contribution in [0.5, 0.6) is 11.5 Å². The third kappa shape index (κ3) is 6.69. The summed E-state index contributed by atoms with van der Waals surface area (Å²) in [6, 6.07) is 13.8. The Morgan fingerprint density at radius 1 is 0.969 bits per heavy atom. The Bertz CT molecular complexity index is 1130. The summed E-state index contributed by atoms with van der Waals surface area (Å²) in [6.45, 7) is 0.537. The Hall–Kier alpha value is -3.11. The first kappa shape index (κ1) is 23.6. The smallest absolute Gasteiger partial charge is 0.263 e. The number of rotatable bonds is 11. The van der Waals surface area contributed by atoms with Gasteiger partial charge in [0.2, 0.25) is 5.91 Å². The molecule has 10 heteroatoms. The highest BCUT2D eigenvalue weighted by Gasteiger charge is 2.16. The van der Waals surface area contributed by atoms with Crippen LogP contribution in [0.3, 0.4) is 0 Å². The largest absolute Gasteiger partial charge is 0.497 e. The van der Waals surface area contributed by atoms with Crippen molar-refractivity contribution in [1.29, 1.82) is 0 Å². The Kier molecular flexibility index (Phi) is 8.07. The number of aryl methyl sites for hydroxylation is 1. The number of carbonyl (C=O) groups excluding carboxylic acids is 1. The number of thiazole rings is 1. The molecule has 0 aliphatic heterocycles. The second-order valence-corrected chi connectivity index (χ2v) is 9.41. The summed E-state index contributed by atoms with van der Waals surface area (Å²) in [5.41, 5.74) is 1.77. The van der Waals surface area contributed by atoms with E-state index < -0.39 is 10.0 Å². The zero-order valence-electron chi connectivity index (χ0n) is 17.8. The maximum atomic E-state index is 12.5. The van der Waals surface area contributed by atoms with Gasteiger partial charge in [0, 0.05) is 18.3 Å². The number of hydrogen-bond donors (Lipinski definition) is 2. The van der Waals surface area contributed by atoms with Crippen molar-refractivity contribution in [2.75, 3.05) is 25.5 Å². The number of anilines is 1. The van der Waals surface area contributed by atoms with Crippen LogP contribution >= 0.6 is 11.3 Å². The summed E-state index contributed by atoms with van der Waals surface area (Å²) >= 11 is 1.18. The van der Waals surface area contributed by atoms with Crippen LogP contribution in [-0.4, -0.2) is 40.1 Å². The Morgan fingerprint density at radius 3 is 2.22 bits per heavy atom. The number of methoxy groups -OCH3 is 2. The number of sulfonamides is 1. The van der Waals surface area contributed by atoms with Crippen LogP contribution in [0.1, 0.15) is 17.7 Å². The molecule has 0 fully saturated rings. The molecule has 8 nitrogen and oxygen atoms in total. The number of ether oxygens (including phenoxy) is 2. The molecule has 170 valence electrons. The van der Waals surface area contributed by atoms with E-state index in [1.807, 2.05) is 24.3 Å². The van der Waals surface area contributed by atoms with Gasteiger partial charge < -0.3 is 14.8 Å². The minimum atomic E-state index is -3.74. The lowest BCUT2D eigenvalue weighted by Gasteiger charge is -2.06. The van der Waals surface area contributed by atoms with Crippen molar-refractivity contribution in [3.05, 3.63) is 65.2 Å². The van der Waals surface area contributed by atoms with Gasteiger partial charge >= 0.3 is 0 Å². The molecule has 1 aromatic heterocycles. The maximum absolute atomic E-state index is 12.5. The van der Waals surface area contributed by atoms with Crippen LogP contribution < -0.4 is 19.5 Å². The summed E-state index contributed by atoms with van der Waals surface area (Å²) in [5, 5.41) is 4.90. The molecule has 0 atom stereocenters. The molecular weight excluding hydrogens is 450 g/mol. The fourth-order valence-corrected chi connectivity index (χ4v) is 4.86. The van der Waals surface area contributed by atoms with E-state index in [1.54, 1.807) is 24.6 Å². The predicted molar refractivity (Wildman–Crippen MR) is 124 cm³/mol. The molecule has 0 spiro atoms. The van der Waals surface area contributed by atoms with Gasteiger partial charge in [-0.25, -0.2) is 13.4 Å². The van der Waals surface area contributed by atoms with Crippen LogP contribution in [0, 0.1) is 0 Å². The molecule has 2 aromatic carbocycles. The summed E-state index contributed by atoms with van der Waals surface area (Å²) in [6.07, 6.45) is 1.43. The minimum absolute atomic E-state index is 0.0770. The van der Waals surface area contributed by atoms with E-state index in [2.05, 4.69) is 15.0 Å². The fraction of sp³-hybridized carbons (Fsp3) is 0.273. The number of aromatic nitrogens is 1. The van der Waals surface area contributed by atoms with Gasteiger partial charge in [-0.15, -0.1) is 11.3 Å². The summed E-state index contributed by atoms with van der Waals surface area (Å²) in [4.78, 5) is 16.5. The second-order valence-electron chi connectivity index (χ2n) is 6.87. The monoisotopic (exact) mass is 475 g/mol. The first-order valence-corrected chi connectivity index (χ1v) is 12.3. The Balaban J connectivity index is 1.44. The van der Waals surface area contributed by atoms with Gasteiger partial charge in [-0.05, 0) is 54.8 Å². The molecule has 1 heterocycles. The summed E-state index contributed by atoms with van der Waals surface area (Å²) in [5.74, 6) is 1.29. The average Bonchev–Trinajstić information content (AvgIpc) is 3.24. The van der Waals surface area contributed by atoms with Gasteiger partial charge in [0.1, 0.15) is 11.5 Å². The maximum Gasteiger partial charge on any atom is 0.263 e. The van der Waals surface area contributed by atoms with Crippen LogP contribution in [-0.2, 0) is 27.7 Å². The van der Waals surface area contributed by atoms with Crippen molar-refractivity contribution in [2.45, 2.75) is 24.2 Å². The molecule has 0 bridgehead atoms. The topological polar surface area (TPSA) is 107 Å². The van der Waals surface area contributed by atoms with Crippen LogP contribution in [0.15, 0.2) is 58.8 Å². The molecule has 2 N–H and O–H groups in total. The second kappa shape index (κ2) is 11.0. The highest BCUT2D eigenvalue weighted by Crippen LogP contribution is 2.22. The van der Waals surface area contributed by atoms with E-state index >= 15 is 0 Å². The van der Waals surface area contributed by atoms with E-state index in [9.17, 15) is 13.2 Å². The van der Waals surface area contributed by atoms with E-state index in [0.717, 1.165) is 17.7 Å². The zero-order chi connectivity index (χ0) is 23.0. The highest BCUT2D eigenvalue weighted by atomic mass is 32.2. The Labute approximate surface area is 191 Å². The lowest BCUT2D eigenvalue weighted by atomic mass is 10.1. The van der Waals surface area contributed by atoms with Crippen LogP contribution in [0.25, 0.3) is 0 Å². The van der Waals surface area contributed by atoms with Crippen molar-refractivity contribution in [2.24, 2.45) is 0 Å². The molecule has 0 saturated carbocycles. The SMILES string of the molecule is COc1ccc(CCNC(=O)CCc2csc(NS(=O)(=O)c3ccc(OC)cc3)n2)cc1. The number of nitrogens with one attached hydrogen (secondary N) is 2. The third-order valence-electron chi connectivity index (χ3n) is 4.65. The first-order valence-electron chi connectivity index (χ1n) is 9.90. The number of hydrogen-bond acceptors (Lipinski definition) is 7. The summed E-state index contributed by atoms with van der Waals surface area (Å²) in [7, 11) is -0.609. The molecule has 0 aliphatic rings. The van der Waals surface area contributed by atoms with Gasteiger partial charge in [0.25, 0.3) is 10.0 Å². The molecule has 0 unspecified atom stereocenters. The van der Waals surface area contributed by atoms with E-state index in [4.69, 9.17) is 9.47 Å². The van der Waals surface area contributed by atoms with Crippen LogP contribution in [0.4, 0.5) is 5.13 Å². The molecule has 3 rings (SSSR count). The molecule has 0 radical (unpaired) electrons. The van der Waals surface area contributed by atoms with E-state index in [0.29, 0.717) is 24.4 Å². The summed E-state index contributed by atoms with van der Waals surface area (Å²) < 4.78 is 37.6. The van der Waals surface area contributed by atoms with Crippen molar-refractivity contribution in [3.8, 4) is 11.5 Å². The van der Waals surface area contributed by atoms with Gasteiger partial charge in [-0.1, -0.05) is 12.1 Å². The number of nitrogens with zero attached hydrogens (tertiary/aromatic N) is 1. The van der Waals surface area contributed by atoms with Crippen molar-refractivity contribution in [1.82, 2.24) is 10.3 Å². The van der Waals surface area contributed by atoms with Crippen molar-refractivity contribution >= 4 is 32.4 Å². The average molecular weight is 476 g/mol. The minimum Gasteiger partial charge on any atom is -0.497 e. The molecule has 32 heavy (non-hydrogen) atoms. The van der Waals surface area contributed by atoms with Crippen molar-refractivity contribution < 1.29 is 22.7 Å². The molecule has 0 aliphatic carbocycles. The van der Waals surface area contributed by atoms with Crippen molar-refractivity contribution in [3.63, 3.8) is 0 Å². The normalized spacial score (nSPS) is 11.1. The fourth-order valence-electron chi connectivity index (χ4n) is 2.87. The van der Waals surface area contributed by atoms with E-state index in [-0.39, 0.29) is 22.4 Å². The van der Waals surface area contributed by atoms with Gasteiger partial charge in [0.15, 0.2) is 5.13 Å². The van der Waals surface area contributed by atoms with Gasteiger partial charge in [-0.2, -0.15) is 0 Å². The number of carbonyl (C=O) groups is 1. The van der Waals surface area contributed by atoms with Gasteiger partial charge in [0.05, 0.1) is 24.8 Å². The molecule has 1 amide bonds. The quantitative estimate of drug-likeness (QED) is 0.441. The van der Waals surface area contributed by atoms with E-state index in [1.165, 1.54) is 30.6 Å². The highest BCUT2D eigenvalue weighted by molar-refractivity contribution is 7.93. The molecule has 3 aromatic rings. The van der Waals surface area contributed by atoms with Crippen LogP contribution in [0.2, 0.25) is 0 Å². The lowest BCUT2D eigenvalue weighted by molar-refractivity contribution is -0.121. The standard InChI is InChI=1S/C22H25N3O5S2/c1-29-18-6-3-16(4-7-18)13-14-23-21(26)12-5-17-15-31-22(24-17)25-32(27,28)20-10-8-19(30-2)9-11-20/h3-4,6-11,15H,5,12-14H2,1-2H3,(H,23,26)(H,24,25). The molecular formula is C22H25N3O5S2. The first-order chi connectivity index (χ1) is 15.4. The number of benzene rings is 2. The Morgan fingerprint density at radius 2 is 1.59 bits per heavy atom. The molecule has 0 saturated heterocycles. The zero-order valence-corrected chi connectivity index (χ0v) is 19.5. The van der Waals surface area contributed by atoms with Gasteiger partial charge in [-0.3, -0.25) is 9.52 Å². The lowest BCUT2D eigenvalue weighted by Crippen LogP contribution is -2.25.